The molecule has 1 fully saturated rings. The van der Waals surface area contributed by atoms with Gasteiger partial charge in [-0.3, -0.25) is 4.79 Å². The monoisotopic (exact) mass is 461 g/mol. The van der Waals surface area contributed by atoms with Gasteiger partial charge in [0.25, 0.3) is 0 Å². The maximum Gasteiger partial charge on any atom is 0.309 e. The minimum Gasteiger partial charge on any atom is -0.494 e. The number of ether oxygens (including phenoxy) is 1. The van der Waals surface area contributed by atoms with Crippen molar-refractivity contribution in [2.75, 3.05) is 13.2 Å². The number of hydrogen-bond acceptors (Lipinski definition) is 4. The summed E-state index contributed by atoms with van der Waals surface area (Å²) in [6, 6.07) is 16.6. The van der Waals surface area contributed by atoms with Crippen molar-refractivity contribution in [2.45, 2.75) is 57.8 Å². The molecule has 34 heavy (non-hydrogen) atoms. The van der Waals surface area contributed by atoms with Crippen LogP contribution >= 0.6 is 0 Å². The van der Waals surface area contributed by atoms with Crippen LogP contribution < -0.4 is 4.74 Å². The summed E-state index contributed by atoms with van der Waals surface area (Å²) in [5, 5.41) is 14.6. The lowest BCUT2D eigenvalue weighted by atomic mass is 9.49. The molecule has 0 saturated heterocycles. The zero-order chi connectivity index (χ0) is 24.2. The van der Waals surface area contributed by atoms with Crippen molar-refractivity contribution >= 4 is 11.7 Å². The summed E-state index contributed by atoms with van der Waals surface area (Å²) in [4.78, 5) is 17.9. The van der Waals surface area contributed by atoms with E-state index in [0.29, 0.717) is 26.1 Å². The lowest BCUT2D eigenvalue weighted by Crippen LogP contribution is -2.53. The highest BCUT2D eigenvalue weighted by molar-refractivity contribution is 6.04. The molecule has 0 bridgehead atoms. The molecule has 0 heterocycles. The normalized spacial score (nSPS) is 26.9. The van der Waals surface area contributed by atoms with E-state index >= 15 is 0 Å². The van der Waals surface area contributed by atoms with Crippen LogP contribution in [0.15, 0.2) is 66.3 Å². The van der Waals surface area contributed by atoms with Gasteiger partial charge in [0, 0.05) is 5.56 Å². The largest absolute Gasteiger partial charge is 0.494 e. The van der Waals surface area contributed by atoms with E-state index in [9.17, 15) is 9.90 Å². The van der Waals surface area contributed by atoms with Crippen LogP contribution in [0, 0.1) is 11.3 Å². The van der Waals surface area contributed by atoms with E-state index in [0.717, 1.165) is 48.3 Å². The van der Waals surface area contributed by atoms with E-state index in [1.165, 1.54) is 5.56 Å². The number of aliphatic carboxylic acids is 1. The van der Waals surface area contributed by atoms with Crippen LogP contribution in [0.25, 0.3) is 0 Å². The number of carbonyl (C=O) groups is 1. The molecular weight excluding hydrogens is 426 g/mol. The van der Waals surface area contributed by atoms with E-state index < -0.39 is 11.4 Å². The van der Waals surface area contributed by atoms with Crippen LogP contribution in [-0.2, 0) is 21.5 Å². The Morgan fingerprint density at radius 1 is 1.21 bits per heavy atom. The van der Waals surface area contributed by atoms with Gasteiger partial charge in [0.05, 0.1) is 17.7 Å². The third-order valence-corrected chi connectivity index (χ3v) is 7.82. The van der Waals surface area contributed by atoms with Gasteiger partial charge < -0.3 is 14.7 Å². The Kier molecular flexibility index (Phi) is 7.11. The second kappa shape index (κ2) is 10.0. The number of benzene rings is 2. The van der Waals surface area contributed by atoms with Crippen molar-refractivity contribution in [3.8, 4) is 5.75 Å². The molecule has 0 aliphatic heterocycles. The van der Waals surface area contributed by atoms with Gasteiger partial charge in [-0.25, -0.2) is 0 Å². The standard InChI is InChI=1S/C29H35NO4/c1-4-17-34-30-25-20-26-28(2,15-9-16-29(26,3)27(31)32)24-19-22(13-14-23(24)25)33-18-8-12-21-10-6-5-7-11-21/h4-7,10-11,13-14,19,26H,1,8-9,12,15-18,20H2,2-3H3,(H,31,32)/b30-25+/t26-,28-,29+/m1/s1. The molecule has 0 aromatic heterocycles. The molecule has 3 atom stereocenters. The van der Waals surface area contributed by atoms with Crippen molar-refractivity contribution in [1.29, 1.82) is 0 Å². The van der Waals surface area contributed by atoms with Gasteiger partial charge in [0.15, 0.2) is 0 Å². The van der Waals surface area contributed by atoms with Gasteiger partial charge in [-0.2, -0.15) is 0 Å². The van der Waals surface area contributed by atoms with Crippen molar-refractivity contribution in [3.05, 3.63) is 77.9 Å². The summed E-state index contributed by atoms with van der Waals surface area (Å²) in [5.41, 5.74) is 3.20. The molecule has 5 nitrogen and oxygen atoms in total. The Hall–Kier alpha value is -3.08. The predicted molar refractivity (Wildman–Crippen MR) is 134 cm³/mol. The SMILES string of the molecule is C=CCO/N=C1\C[C@H]2[C@@](C)(C(=O)O)CCC[C@]2(C)c2cc(OCCCc3ccccc3)ccc21. The molecule has 0 amide bonds. The highest BCUT2D eigenvalue weighted by atomic mass is 16.6. The molecule has 0 unspecified atom stereocenters. The molecule has 1 N–H and O–H groups in total. The molecule has 2 aromatic carbocycles. The number of aryl methyl sites for hydroxylation is 1. The summed E-state index contributed by atoms with van der Waals surface area (Å²) in [7, 11) is 0. The third-order valence-electron chi connectivity index (χ3n) is 7.82. The van der Waals surface area contributed by atoms with Crippen molar-refractivity contribution in [2.24, 2.45) is 16.5 Å². The number of carboxylic acids is 1. The van der Waals surface area contributed by atoms with Crippen LogP contribution in [-0.4, -0.2) is 30.0 Å². The van der Waals surface area contributed by atoms with Crippen LogP contribution in [0.5, 0.6) is 5.75 Å². The summed E-state index contributed by atoms with van der Waals surface area (Å²) in [5.74, 6) is 0.0207. The predicted octanol–water partition coefficient (Wildman–Crippen LogP) is 6.16. The topological polar surface area (TPSA) is 68.1 Å². The van der Waals surface area contributed by atoms with E-state index in [1.807, 2.05) is 19.1 Å². The average molecular weight is 462 g/mol. The van der Waals surface area contributed by atoms with E-state index in [1.54, 1.807) is 6.08 Å². The number of fused-ring (bicyclic) bond motifs is 3. The first-order valence-corrected chi connectivity index (χ1v) is 12.2. The van der Waals surface area contributed by atoms with Gasteiger partial charge in [-0.1, -0.05) is 61.5 Å². The molecule has 180 valence electrons. The van der Waals surface area contributed by atoms with Crippen molar-refractivity contribution in [3.63, 3.8) is 0 Å². The highest BCUT2D eigenvalue weighted by Crippen LogP contribution is 2.57. The van der Waals surface area contributed by atoms with E-state index in [2.05, 4.69) is 55.1 Å². The van der Waals surface area contributed by atoms with Crippen LogP contribution in [0.3, 0.4) is 0 Å². The summed E-state index contributed by atoms with van der Waals surface area (Å²) < 4.78 is 6.15. The first-order valence-electron chi connectivity index (χ1n) is 12.2. The third kappa shape index (κ3) is 4.61. The maximum absolute atomic E-state index is 12.4. The van der Waals surface area contributed by atoms with Gasteiger partial charge in [0.1, 0.15) is 12.4 Å². The molecule has 0 radical (unpaired) electrons. The summed E-state index contributed by atoms with van der Waals surface area (Å²) in [6.45, 7) is 8.75. The number of nitrogens with zero attached hydrogens (tertiary/aromatic N) is 1. The quantitative estimate of drug-likeness (QED) is 0.276. The zero-order valence-electron chi connectivity index (χ0n) is 20.3. The molecule has 2 aromatic rings. The Morgan fingerprint density at radius 2 is 2.00 bits per heavy atom. The Balaban J connectivity index is 1.61. The fourth-order valence-electron chi connectivity index (χ4n) is 5.91. The van der Waals surface area contributed by atoms with Crippen molar-refractivity contribution < 1.29 is 19.5 Å². The van der Waals surface area contributed by atoms with Crippen molar-refractivity contribution in [1.82, 2.24) is 0 Å². The average Bonchev–Trinajstić information content (AvgIpc) is 2.83. The Morgan fingerprint density at radius 3 is 2.74 bits per heavy atom. The molecule has 0 spiro atoms. The van der Waals surface area contributed by atoms with Crippen LogP contribution in [0.4, 0.5) is 0 Å². The number of oxime groups is 1. The van der Waals surface area contributed by atoms with Gasteiger partial charge in [0.2, 0.25) is 0 Å². The zero-order valence-corrected chi connectivity index (χ0v) is 20.3. The molecule has 2 aliphatic rings. The van der Waals surface area contributed by atoms with E-state index in [-0.39, 0.29) is 11.3 Å². The molecule has 4 rings (SSSR count). The molecular formula is C29H35NO4. The maximum atomic E-state index is 12.4. The van der Waals surface area contributed by atoms with Gasteiger partial charge in [-0.15, -0.1) is 0 Å². The van der Waals surface area contributed by atoms with Crippen LogP contribution in [0.2, 0.25) is 0 Å². The fraction of sp³-hybridized carbons (Fsp3) is 0.448. The lowest BCUT2D eigenvalue weighted by Gasteiger charge is -2.53. The number of rotatable bonds is 9. The first-order chi connectivity index (χ1) is 16.4. The van der Waals surface area contributed by atoms with Crippen LogP contribution in [0.1, 0.15) is 62.6 Å². The molecule has 1 saturated carbocycles. The first kappa shape index (κ1) is 24.1. The molecule has 2 aliphatic carbocycles. The fourth-order valence-corrected chi connectivity index (χ4v) is 5.91. The highest BCUT2D eigenvalue weighted by Gasteiger charge is 2.56. The molecule has 5 heteroatoms. The minimum atomic E-state index is -0.809. The number of hydrogen-bond donors (Lipinski definition) is 1. The second-order valence-corrected chi connectivity index (χ2v) is 10.0. The minimum absolute atomic E-state index is 0.0711. The Bertz CT molecular complexity index is 1060. The second-order valence-electron chi connectivity index (χ2n) is 10.0. The Labute approximate surface area is 202 Å². The van der Waals surface area contributed by atoms with Gasteiger partial charge in [-0.05, 0) is 79.7 Å². The van der Waals surface area contributed by atoms with Gasteiger partial charge >= 0.3 is 5.97 Å². The lowest BCUT2D eigenvalue weighted by molar-refractivity contribution is -0.156. The summed E-state index contributed by atoms with van der Waals surface area (Å²) >= 11 is 0. The summed E-state index contributed by atoms with van der Waals surface area (Å²) in [6.07, 6.45) is 6.66. The smallest absolute Gasteiger partial charge is 0.309 e. The van der Waals surface area contributed by atoms with E-state index in [4.69, 9.17) is 9.57 Å². The number of carboxylic acid groups (broad SMARTS) is 1.